The average molecular weight is 508 g/mol. The highest BCUT2D eigenvalue weighted by atomic mass is 32.1. The van der Waals surface area contributed by atoms with Crippen molar-refractivity contribution in [1.82, 2.24) is 4.90 Å². The number of benzene rings is 1. The smallest absolute Gasteiger partial charge is 0.349 e. The fourth-order valence-corrected chi connectivity index (χ4v) is 8.57. The first-order valence-corrected chi connectivity index (χ1v) is 14.7. The first kappa shape index (κ1) is 23.4. The summed E-state index contributed by atoms with van der Waals surface area (Å²) in [4.78, 5) is 17.5. The van der Waals surface area contributed by atoms with Crippen LogP contribution in [0.1, 0.15) is 47.4 Å². The third-order valence-electron chi connectivity index (χ3n) is 8.55. The maximum Gasteiger partial charge on any atom is 0.349 e. The van der Waals surface area contributed by atoms with Gasteiger partial charge in [-0.05, 0) is 91.9 Å². The number of aliphatic hydroxyl groups is 1. The van der Waals surface area contributed by atoms with Crippen LogP contribution in [0, 0.1) is 17.8 Å². The predicted octanol–water partition coefficient (Wildman–Crippen LogP) is 5.71. The van der Waals surface area contributed by atoms with E-state index in [1.807, 2.05) is 35.0 Å². The molecule has 184 valence electrons. The van der Waals surface area contributed by atoms with Crippen LogP contribution >= 0.6 is 22.7 Å². The molecule has 0 spiro atoms. The van der Waals surface area contributed by atoms with Crippen molar-refractivity contribution in [3.8, 4) is 0 Å². The lowest BCUT2D eigenvalue weighted by atomic mass is 9.88. The second-order valence-corrected chi connectivity index (χ2v) is 12.4. The van der Waals surface area contributed by atoms with E-state index in [1.54, 1.807) is 0 Å². The van der Waals surface area contributed by atoms with Crippen LogP contribution in [0.15, 0.2) is 65.4 Å². The van der Waals surface area contributed by atoms with E-state index in [1.165, 1.54) is 53.9 Å². The SMILES string of the molecule is O=C(OC1CC2CCC1C2N1CCC(Cc2ccccc2)CC1)C(O)(c1cccs1)c1cccs1. The number of thiophene rings is 2. The van der Waals surface area contributed by atoms with Crippen LogP contribution in [0.3, 0.4) is 0 Å². The number of hydrogen-bond donors (Lipinski definition) is 1. The van der Waals surface area contributed by atoms with Gasteiger partial charge in [-0.2, -0.15) is 0 Å². The maximum absolute atomic E-state index is 13.5. The molecule has 35 heavy (non-hydrogen) atoms. The highest BCUT2D eigenvalue weighted by Crippen LogP contribution is 2.50. The lowest BCUT2D eigenvalue weighted by molar-refractivity contribution is -0.170. The Morgan fingerprint density at radius 3 is 2.26 bits per heavy atom. The summed E-state index contributed by atoms with van der Waals surface area (Å²) in [5.41, 5.74) is -0.266. The Labute approximate surface area is 215 Å². The average Bonchev–Trinajstić information content (AvgIpc) is 3.70. The van der Waals surface area contributed by atoms with Crippen molar-refractivity contribution in [3.05, 3.63) is 80.7 Å². The van der Waals surface area contributed by atoms with Crippen molar-refractivity contribution in [3.63, 3.8) is 0 Å². The van der Waals surface area contributed by atoms with E-state index in [4.69, 9.17) is 4.74 Å². The van der Waals surface area contributed by atoms with Crippen LogP contribution in [-0.4, -0.2) is 41.2 Å². The third kappa shape index (κ3) is 4.39. The number of hydrogen-bond acceptors (Lipinski definition) is 6. The number of likely N-dealkylation sites (tertiary alicyclic amines) is 1. The van der Waals surface area contributed by atoms with Crippen LogP contribution in [0.2, 0.25) is 0 Å². The van der Waals surface area contributed by atoms with Crippen LogP contribution in [0.25, 0.3) is 0 Å². The number of piperidine rings is 1. The van der Waals surface area contributed by atoms with Gasteiger partial charge in [0.05, 0.1) is 9.75 Å². The number of ether oxygens (including phenoxy) is 1. The zero-order valence-corrected chi connectivity index (χ0v) is 21.6. The number of nitrogens with zero attached hydrogens (tertiary/aromatic N) is 1. The Morgan fingerprint density at radius 1 is 0.943 bits per heavy atom. The quantitative estimate of drug-likeness (QED) is 0.416. The van der Waals surface area contributed by atoms with Gasteiger partial charge in [-0.15, -0.1) is 22.7 Å². The molecule has 0 amide bonds. The van der Waals surface area contributed by atoms with E-state index in [9.17, 15) is 9.90 Å². The number of carbonyl (C=O) groups excluding carboxylic acids is 1. The minimum Gasteiger partial charge on any atom is -0.459 e. The standard InChI is InChI=1S/C29H33NO3S2/c31-28(29(32,25-8-4-16-34-25)26-9-5-17-35-26)33-24-19-22-10-11-23(24)27(22)30-14-12-21(13-15-30)18-20-6-2-1-3-7-20/h1-9,16-17,21-24,27,32H,10-15,18-19H2. The van der Waals surface area contributed by atoms with E-state index in [0.29, 0.717) is 27.6 Å². The molecule has 6 heteroatoms. The second kappa shape index (κ2) is 9.81. The number of carbonyl (C=O) groups is 1. The molecule has 1 saturated heterocycles. The Bertz CT molecular complexity index is 1070. The zero-order valence-electron chi connectivity index (χ0n) is 19.9. The van der Waals surface area contributed by atoms with E-state index < -0.39 is 11.6 Å². The van der Waals surface area contributed by atoms with Crippen molar-refractivity contribution in [1.29, 1.82) is 0 Å². The summed E-state index contributed by atoms with van der Waals surface area (Å²) < 4.78 is 6.18. The Balaban J connectivity index is 1.11. The molecule has 1 aliphatic heterocycles. The predicted molar refractivity (Wildman–Crippen MR) is 141 cm³/mol. The lowest BCUT2D eigenvalue weighted by Gasteiger charge is -2.38. The van der Waals surface area contributed by atoms with Crippen molar-refractivity contribution >= 4 is 28.6 Å². The van der Waals surface area contributed by atoms with Crippen LogP contribution < -0.4 is 0 Å². The summed E-state index contributed by atoms with van der Waals surface area (Å²) in [7, 11) is 0. The summed E-state index contributed by atoms with van der Waals surface area (Å²) in [5, 5.41) is 15.4. The molecule has 2 saturated carbocycles. The first-order valence-electron chi connectivity index (χ1n) is 12.9. The number of rotatable bonds is 7. The number of esters is 1. The molecule has 3 fully saturated rings. The van der Waals surface area contributed by atoms with Gasteiger partial charge in [0.25, 0.3) is 0 Å². The first-order chi connectivity index (χ1) is 17.1. The number of fused-ring (bicyclic) bond motifs is 2. The van der Waals surface area contributed by atoms with Crippen molar-refractivity contribution < 1.29 is 14.6 Å². The largest absolute Gasteiger partial charge is 0.459 e. The summed E-state index contributed by atoms with van der Waals surface area (Å²) in [6.07, 6.45) is 6.84. The van der Waals surface area contributed by atoms with Gasteiger partial charge in [-0.1, -0.05) is 42.5 Å². The second-order valence-electron chi connectivity index (χ2n) is 10.5. The van der Waals surface area contributed by atoms with Crippen molar-refractivity contribution in [2.24, 2.45) is 17.8 Å². The summed E-state index contributed by atoms with van der Waals surface area (Å²) >= 11 is 2.80. The molecule has 0 radical (unpaired) electrons. The molecule has 3 aromatic rings. The monoisotopic (exact) mass is 507 g/mol. The third-order valence-corrected chi connectivity index (χ3v) is 10.5. The molecule has 2 aromatic heterocycles. The molecule has 1 aromatic carbocycles. The highest BCUT2D eigenvalue weighted by molar-refractivity contribution is 7.12. The molecule has 2 bridgehead atoms. The molecule has 6 rings (SSSR count). The normalized spacial score (nSPS) is 27.3. The summed E-state index contributed by atoms with van der Waals surface area (Å²) in [5.74, 6) is 1.22. The Morgan fingerprint density at radius 2 is 1.63 bits per heavy atom. The van der Waals surface area contributed by atoms with Gasteiger partial charge in [0.2, 0.25) is 5.60 Å². The Kier molecular flexibility index (Phi) is 6.56. The minimum absolute atomic E-state index is 0.0975. The topological polar surface area (TPSA) is 49.8 Å². The lowest BCUT2D eigenvalue weighted by Crippen LogP contribution is -2.46. The molecule has 4 nitrogen and oxygen atoms in total. The molecule has 3 heterocycles. The van der Waals surface area contributed by atoms with E-state index in [0.717, 1.165) is 31.8 Å². The van der Waals surface area contributed by atoms with Crippen LogP contribution in [0.4, 0.5) is 0 Å². The van der Waals surface area contributed by atoms with Crippen molar-refractivity contribution in [2.75, 3.05) is 13.1 Å². The molecular formula is C29H33NO3S2. The van der Waals surface area contributed by atoms with Crippen molar-refractivity contribution in [2.45, 2.75) is 56.3 Å². The fourth-order valence-electron chi connectivity index (χ4n) is 6.86. The summed E-state index contributed by atoms with van der Waals surface area (Å²) in [6.45, 7) is 2.29. The molecule has 2 aliphatic carbocycles. The maximum atomic E-state index is 13.5. The molecule has 1 N–H and O–H groups in total. The molecular weight excluding hydrogens is 474 g/mol. The van der Waals surface area contributed by atoms with Gasteiger partial charge in [0.1, 0.15) is 6.10 Å². The van der Waals surface area contributed by atoms with Gasteiger partial charge < -0.3 is 9.84 Å². The fraction of sp³-hybridized carbons (Fsp3) is 0.483. The van der Waals surface area contributed by atoms with Crippen LogP contribution in [0.5, 0.6) is 0 Å². The van der Waals surface area contributed by atoms with E-state index in [2.05, 4.69) is 35.2 Å². The van der Waals surface area contributed by atoms with Gasteiger partial charge in [0, 0.05) is 12.0 Å². The van der Waals surface area contributed by atoms with Gasteiger partial charge >= 0.3 is 5.97 Å². The van der Waals surface area contributed by atoms with Gasteiger partial charge in [-0.3, -0.25) is 4.90 Å². The highest BCUT2D eigenvalue weighted by Gasteiger charge is 2.54. The molecule has 4 unspecified atom stereocenters. The van der Waals surface area contributed by atoms with E-state index >= 15 is 0 Å². The van der Waals surface area contributed by atoms with E-state index in [-0.39, 0.29) is 6.10 Å². The zero-order chi connectivity index (χ0) is 23.8. The van der Waals surface area contributed by atoms with Crippen LogP contribution in [-0.2, 0) is 21.6 Å². The van der Waals surface area contributed by atoms with Gasteiger partial charge in [-0.25, -0.2) is 4.79 Å². The van der Waals surface area contributed by atoms with Gasteiger partial charge in [0.15, 0.2) is 0 Å². The minimum atomic E-state index is -1.71. The molecule has 4 atom stereocenters. The summed E-state index contributed by atoms with van der Waals surface area (Å²) in [6, 6.07) is 18.8. The Hall–Kier alpha value is -1.99. The molecule has 3 aliphatic rings.